The fourth-order valence-electron chi connectivity index (χ4n) is 1.91. The standard InChI is InChI=1S/C16H19N3/c1-17-13-19-16(15-10-6-3-7-11-15)18-12-14-8-4-2-5-9-14/h2-10,13,15H,11-12H2,1H3,(H,17,18,19). The fraction of sp³-hybridized carbons (Fsp3) is 0.250. The Morgan fingerprint density at radius 2 is 2.16 bits per heavy atom. The van der Waals surface area contributed by atoms with E-state index in [-0.39, 0.29) is 5.92 Å². The maximum atomic E-state index is 4.65. The first kappa shape index (κ1) is 13.3. The number of amidine groups is 1. The van der Waals surface area contributed by atoms with Crippen LogP contribution in [-0.2, 0) is 6.54 Å². The smallest absolute Gasteiger partial charge is 0.132 e. The first-order chi connectivity index (χ1) is 9.40. The molecule has 0 aliphatic heterocycles. The molecule has 0 spiro atoms. The summed E-state index contributed by atoms with van der Waals surface area (Å²) >= 11 is 0. The predicted molar refractivity (Wildman–Crippen MR) is 81.5 cm³/mol. The van der Waals surface area contributed by atoms with Crippen LogP contribution < -0.4 is 5.32 Å². The molecule has 1 atom stereocenters. The Labute approximate surface area is 114 Å². The molecule has 1 aliphatic rings. The van der Waals surface area contributed by atoms with E-state index in [0.29, 0.717) is 6.54 Å². The van der Waals surface area contributed by atoms with Gasteiger partial charge in [-0.3, -0.25) is 4.99 Å². The first-order valence-electron chi connectivity index (χ1n) is 6.51. The molecular formula is C16H19N3. The van der Waals surface area contributed by atoms with Crippen LogP contribution >= 0.6 is 0 Å². The number of aliphatic imine (C=N–C) groups is 2. The van der Waals surface area contributed by atoms with Gasteiger partial charge in [0.1, 0.15) is 5.84 Å². The van der Waals surface area contributed by atoms with Gasteiger partial charge in [0.25, 0.3) is 0 Å². The molecular weight excluding hydrogens is 234 g/mol. The van der Waals surface area contributed by atoms with Crippen molar-refractivity contribution >= 4 is 12.2 Å². The van der Waals surface area contributed by atoms with Crippen LogP contribution in [0, 0.1) is 5.92 Å². The van der Waals surface area contributed by atoms with Gasteiger partial charge in [-0.25, -0.2) is 4.99 Å². The minimum atomic E-state index is 0.276. The topological polar surface area (TPSA) is 36.8 Å². The summed E-state index contributed by atoms with van der Waals surface area (Å²) in [5.41, 5.74) is 1.20. The highest BCUT2D eigenvalue weighted by Crippen LogP contribution is 2.15. The zero-order chi connectivity index (χ0) is 13.3. The number of allylic oxidation sites excluding steroid dienone is 3. The van der Waals surface area contributed by atoms with Gasteiger partial charge in [-0.05, 0) is 12.0 Å². The second-order valence-corrected chi connectivity index (χ2v) is 4.36. The molecule has 2 rings (SSSR count). The van der Waals surface area contributed by atoms with Crippen molar-refractivity contribution in [3.8, 4) is 0 Å². The van der Waals surface area contributed by atoms with E-state index in [9.17, 15) is 0 Å². The molecule has 0 saturated carbocycles. The molecule has 1 aliphatic carbocycles. The van der Waals surface area contributed by atoms with Crippen molar-refractivity contribution < 1.29 is 0 Å². The molecule has 98 valence electrons. The van der Waals surface area contributed by atoms with Crippen LogP contribution in [0.1, 0.15) is 12.0 Å². The SMILES string of the molecule is CN/C=N\C(=N/Cc1ccccc1)C1C=CC=CC1. The molecule has 0 fully saturated rings. The van der Waals surface area contributed by atoms with Gasteiger partial charge < -0.3 is 5.32 Å². The molecule has 0 saturated heterocycles. The lowest BCUT2D eigenvalue weighted by Crippen LogP contribution is -2.14. The van der Waals surface area contributed by atoms with E-state index in [1.807, 2.05) is 25.2 Å². The molecule has 1 unspecified atom stereocenters. The molecule has 3 heteroatoms. The van der Waals surface area contributed by atoms with Gasteiger partial charge >= 0.3 is 0 Å². The lowest BCUT2D eigenvalue weighted by atomic mass is 10.00. The maximum absolute atomic E-state index is 4.65. The molecule has 0 radical (unpaired) electrons. The van der Waals surface area contributed by atoms with Gasteiger partial charge in [-0.1, -0.05) is 54.6 Å². The lowest BCUT2D eigenvalue weighted by Gasteiger charge is -2.12. The van der Waals surface area contributed by atoms with Crippen molar-refractivity contribution in [1.82, 2.24) is 5.32 Å². The molecule has 19 heavy (non-hydrogen) atoms. The van der Waals surface area contributed by atoms with Crippen LogP contribution in [0.5, 0.6) is 0 Å². The summed E-state index contributed by atoms with van der Waals surface area (Å²) in [5.74, 6) is 1.15. The molecule has 1 N–H and O–H groups in total. The Hall–Kier alpha value is -2.16. The first-order valence-corrected chi connectivity index (χ1v) is 6.51. The second-order valence-electron chi connectivity index (χ2n) is 4.36. The highest BCUT2D eigenvalue weighted by atomic mass is 15.0. The molecule has 3 nitrogen and oxygen atoms in total. The highest BCUT2D eigenvalue weighted by Gasteiger charge is 2.11. The van der Waals surface area contributed by atoms with E-state index in [1.54, 1.807) is 6.34 Å². The van der Waals surface area contributed by atoms with Crippen molar-refractivity contribution in [2.75, 3.05) is 7.05 Å². The van der Waals surface area contributed by atoms with Crippen LogP contribution in [0.15, 0.2) is 64.6 Å². The van der Waals surface area contributed by atoms with Crippen LogP contribution in [0.3, 0.4) is 0 Å². The van der Waals surface area contributed by atoms with E-state index in [4.69, 9.17) is 0 Å². The van der Waals surface area contributed by atoms with Crippen molar-refractivity contribution in [1.29, 1.82) is 0 Å². The molecule has 1 aromatic rings. The zero-order valence-corrected chi connectivity index (χ0v) is 11.2. The van der Waals surface area contributed by atoms with Gasteiger partial charge in [0.05, 0.1) is 12.9 Å². The minimum Gasteiger partial charge on any atom is -0.379 e. The lowest BCUT2D eigenvalue weighted by molar-refractivity contribution is 0.844. The van der Waals surface area contributed by atoms with Crippen LogP contribution in [-0.4, -0.2) is 19.2 Å². The Morgan fingerprint density at radius 1 is 1.32 bits per heavy atom. The number of benzene rings is 1. The van der Waals surface area contributed by atoms with Crippen LogP contribution in [0.2, 0.25) is 0 Å². The van der Waals surface area contributed by atoms with E-state index >= 15 is 0 Å². The number of hydrogen-bond donors (Lipinski definition) is 1. The minimum absolute atomic E-state index is 0.276. The second kappa shape index (κ2) is 7.31. The van der Waals surface area contributed by atoms with Gasteiger partial charge in [0, 0.05) is 13.0 Å². The van der Waals surface area contributed by atoms with E-state index < -0.39 is 0 Å². The largest absolute Gasteiger partial charge is 0.379 e. The molecule has 0 aromatic heterocycles. The summed E-state index contributed by atoms with van der Waals surface area (Å²) < 4.78 is 0. The van der Waals surface area contributed by atoms with Gasteiger partial charge in [-0.2, -0.15) is 0 Å². The van der Waals surface area contributed by atoms with Crippen molar-refractivity contribution in [3.63, 3.8) is 0 Å². The van der Waals surface area contributed by atoms with Gasteiger partial charge in [0.2, 0.25) is 0 Å². The third-order valence-electron chi connectivity index (χ3n) is 2.90. The quantitative estimate of drug-likeness (QED) is 0.650. The Bertz CT molecular complexity index is 498. The normalized spacial score (nSPS) is 19.0. The highest BCUT2D eigenvalue weighted by molar-refractivity contribution is 5.92. The molecule has 0 amide bonds. The fourth-order valence-corrected chi connectivity index (χ4v) is 1.91. The zero-order valence-electron chi connectivity index (χ0n) is 11.2. The average Bonchev–Trinajstić information content (AvgIpc) is 2.49. The van der Waals surface area contributed by atoms with Crippen molar-refractivity contribution in [2.45, 2.75) is 13.0 Å². The summed E-state index contributed by atoms with van der Waals surface area (Å²) in [5, 5.41) is 2.92. The summed E-state index contributed by atoms with van der Waals surface area (Å²) in [4.78, 5) is 9.06. The van der Waals surface area contributed by atoms with Gasteiger partial charge in [-0.15, -0.1) is 0 Å². The van der Waals surface area contributed by atoms with Crippen LogP contribution in [0.4, 0.5) is 0 Å². The third kappa shape index (κ3) is 4.21. The monoisotopic (exact) mass is 253 g/mol. The maximum Gasteiger partial charge on any atom is 0.132 e. The summed E-state index contributed by atoms with van der Waals surface area (Å²) in [6.45, 7) is 0.672. The Balaban J connectivity index is 2.10. The number of nitrogens with one attached hydrogen (secondary N) is 1. The van der Waals surface area contributed by atoms with Crippen molar-refractivity contribution in [2.24, 2.45) is 15.9 Å². The summed E-state index contributed by atoms with van der Waals surface area (Å²) in [7, 11) is 1.84. The van der Waals surface area contributed by atoms with Crippen LogP contribution in [0.25, 0.3) is 0 Å². The Morgan fingerprint density at radius 3 is 2.84 bits per heavy atom. The summed E-state index contributed by atoms with van der Waals surface area (Å²) in [6.07, 6.45) is 11.1. The predicted octanol–water partition coefficient (Wildman–Crippen LogP) is 2.97. The average molecular weight is 253 g/mol. The van der Waals surface area contributed by atoms with E-state index in [2.05, 4.69) is 51.7 Å². The number of rotatable bonds is 4. The molecule has 1 aromatic carbocycles. The third-order valence-corrected chi connectivity index (χ3v) is 2.90. The molecule has 0 bridgehead atoms. The van der Waals surface area contributed by atoms with Crippen molar-refractivity contribution in [3.05, 3.63) is 60.2 Å². The number of nitrogens with zero attached hydrogens (tertiary/aromatic N) is 2. The Kier molecular flexibility index (Phi) is 5.11. The summed E-state index contributed by atoms with van der Waals surface area (Å²) in [6, 6.07) is 10.2. The van der Waals surface area contributed by atoms with Gasteiger partial charge in [0.15, 0.2) is 0 Å². The van der Waals surface area contributed by atoms with E-state index in [1.165, 1.54) is 5.56 Å². The number of hydrogen-bond acceptors (Lipinski definition) is 1. The van der Waals surface area contributed by atoms with E-state index in [0.717, 1.165) is 12.3 Å². The molecule has 0 heterocycles.